The fraction of sp³-hybridized carbons (Fsp3) is 0.222. The minimum absolute atomic E-state index is 0.0523. The van der Waals surface area contributed by atoms with Gasteiger partial charge in [-0.15, -0.1) is 0 Å². The molecular weight excluding hydrogens is 328 g/mol. The summed E-state index contributed by atoms with van der Waals surface area (Å²) in [6, 6.07) is 14.0. The molecule has 0 heterocycles. The van der Waals surface area contributed by atoms with Gasteiger partial charge in [-0.1, -0.05) is 11.6 Å². The minimum Gasteiger partial charge on any atom is -0.484 e. The van der Waals surface area contributed by atoms with Gasteiger partial charge in [0.1, 0.15) is 5.75 Å². The fourth-order valence-electron chi connectivity index (χ4n) is 2.00. The molecule has 0 spiro atoms. The second-order valence-corrected chi connectivity index (χ2v) is 5.73. The summed E-state index contributed by atoms with van der Waals surface area (Å²) in [6.07, 6.45) is 0. The largest absolute Gasteiger partial charge is 0.484 e. The number of carbonyl (C=O) groups is 2. The second kappa shape index (κ2) is 7.84. The van der Waals surface area contributed by atoms with E-state index in [1.165, 1.54) is 16.7 Å². The number of halogens is 1. The molecule has 24 heavy (non-hydrogen) atoms. The molecule has 0 saturated heterocycles. The molecule has 2 amide bonds. The van der Waals surface area contributed by atoms with Crippen molar-refractivity contribution in [2.75, 3.05) is 30.5 Å². The molecule has 0 aliphatic carbocycles. The van der Waals surface area contributed by atoms with Crippen molar-refractivity contribution in [2.45, 2.75) is 6.92 Å². The van der Waals surface area contributed by atoms with Crippen LogP contribution in [0.3, 0.4) is 0 Å². The van der Waals surface area contributed by atoms with Crippen molar-refractivity contribution < 1.29 is 14.3 Å². The van der Waals surface area contributed by atoms with Gasteiger partial charge >= 0.3 is 0 Å². The zero-order valence-electron chi connectivity index (χ0n) is 13.8. The van der Waals surface area contributed by atoms with E-state index in [0.717, 1.165) is 11.4 Å². The summed E-state index contributed by atoms with van der Waals surface area (Å²) in [5.74, 6) is 0.348. The zero-order chi connectivity index (χ0) is 17.7. The quantitative estimate of drug-likeness (QED) is 0.834. The second-order valence-electron chi connectivity index (χ2n) is 5.29. The molecule has 2 rings (SSSR count). The summed E-state index contributed by atoms with van der Waals surface area (Å²) in [7, 11) is 3.38. The molecule has 0 radical (unpaired) electrons. The van der Waals surface area contributed by atoms with Crippen molar-refractivity contribution in [1.29, 1.82) is 0 Å². The average Bonchev–Trinajstić information content (AvgIpc) is 2.59. The van der Waals surface area contributed by atoms with Crippen LogP contribution in [-0.4, -0.2) is 32.5 Å². The van der Waals surface area contributed by atoms with Gasteiger partial charge in [-0.2, -0.15) is 0 Å². The lowest BCUT2D eigenvalue weighted by molar-refractivity contribution is -0.120. The van der Waals surface area contributed by atoms with E-state index in [9.17, 15) is 9.59 Å². The topological polar surface area (TPSA) is 49.9 Å². The Morgan fingerprint density at radius 2 is 1.42 bits per heavy atom. The number of carbonyl (C=O) groups excluding carboxylic acids is 2. The van der Waals surface area contributed by atoms with Gasteiger partial charge in [0.25, 0.3) is 5.91 Å². The highest BCUT2D eigenvalue weighted by atomic mass is 35.5. The van der Waals surface area contributed by atoms with Crippen LogP contribution in [0.5, 0.6) is 5.75 Å². The molecule has 0 bridgehead atoms. The highest BCUT2D eigenvalue weighted by molar-refractivity contribution is 6.30. The number of nitrogens with zero attached hydrogens (tertiary/aromatic N) is 2. The predicted octanol–water partition coefficient (Wildman–Crippen LogP) is 3.36. The number of anilines is 2. The number of hydrogen-bond acceptors (Lipinski definition) is 3. The zero-order valence-corrected chi connectivity index (χ0v) is 14.6. The lowest BCUT2D eigenvalue weighted by Gasteiger charge is -2.20. The predicted molar refractivity (Wildman–Crippen MR) is 95.9 cm³/mol. The van der Waals surface area contributed by atoms with Gasteiger partial charge < -0.3 is 14.5 Å². The normalized spacial score (nSPS) is 10.2. The van der Waals surface area contributed by atoms with Crippen LogP contribution in [0.15, 0.2) is 48.5 Å². The molecule has 2 aromatic rings. The molecule has 0 aromatic heterocycles. The van der Waals surface area contributed by atoms with Crippen molar-refractivity contribution in [3.8, 4) is 5.75 Å². The molecule has 0 aliphatic rings. The molecule has 6 heteroatoms. The number of amides is 2. The van der Waals surface area contributed by atoms with E-state index >= 15 is 0 Å². The van der Waals surface area contributed by atoms with Gasteiger partial charge in [-0.3, -0.25) is 9.59 Å². The molecule has 2 aromatic carbocycles. The first-order valence-electron chi connectivity index (χ1n) is 7.38. The van der Waals surface area contributed by atoms with E-state index in [0.29, 0.717) is 10.8 Å². The standard InChI is InChI=1S/C18H19ClN2O3/c1-13(22)20(2)15-6-8-16(9-7-15)21(3)18(23)12-24-17-10-4-14(19)5-11-17/h4-11H,12H2,1-3H3. The van der Waals surface area contributed by atoms with Crippen molar-refractivity contribution in [3.63, 3.8) is 0 Å². The molecule has 0 unspecified atom stereocenters. The van der Waals surface area contributed by atoms with Gasteiger partial charge in [0.05, 0.1) is 0 Å². The summed E-state index contributed by atoms with van der Waals surface area (Å²) in [4.78, 5) is 26.6. The van der Waals surface area contributed by atoms with E-state index in [1.54, 1.807) is 62.6 Å². The van der Waals surface area contributed by atoms with Crippen LogP contribution in [0.25, 0.3) is 0 Å². The third-order valence-electron chi connectivity index (χ3n) is 3.65. The van der Waals surface area contributed by atoms with Gasteiger partial charge in [0.15, 0.2) is 6.61 Å². The Bertz CT molecular complexity index is 714. The van der Waals surface area contributed by atoms with Crippen LogP contribution in [0.4, 0.5) is 11.4 Å². The highest BCUT2D eigenvalue weighted by Gasteiger charge is 2.13. The number of rotatable bonds is 5. The SMILES string of the molecule is CC(=O)N(C)c1ccc(N(C)C(=O)COc2ccc(Cl)cc2)cc1. The first kappa shape index (κ1) is 17.8. The smallest absolute Gasteiger partial charge is 0.264 e. The number of likely N-dealkylation sites (N-methyl/N-ethyl adjacent to an activating group) is 1. The van der Waals surface area contributed by atoms with Crippen molar-refractivity contribution in [1.82, 2.24) is 0 Å². The summed E-state index contributed by atoms with van der Waals surface area (Å²) >= 11 is 5.80. The number of ether oxygens (including phenoxy) is 1. The van der Waals surface area contributed by atoms with Crippen molar-refractivity contribution >= 4 is 34.8 Å². The Hall–Kier alpha value is -2.53. The summed E-state index contributed by atoms with van der Waals surface area (Å²) in [5.41, 5.74) is 1.49. The maximum Gasteiger partial charge on any atom is 0.264 e. The van der Waals surface area contributed by atoms with Crippen molar-refractivity contribution in [2.24, 2.45) is 0 Å². The van der Waals surface area contributed by atoms with Gasteiger partial charge in [0.2, 0.25) is 5.91 Å². The molecule has 0 saturated carbocycles. The van der Waals surface area contributed by atoms with Crippen LogP contribution in [0.2, 0.25) is 5.02 Å². The summed E-state index contributed by atoms with van der Waals surface area (Å²) in [5, 5.41) is 0.612. The first-order valence-corrected chi connectivity index (χ1v) is 7.75. The summed E-state index contributed by atoms with van der Waals surface area (Å²) < 4.78 is 5.46. The van der Waals surface area contributed by atoms with Crippen LogP contribution in [0, 0.1) is 0 Å². The Morgan fingerprint density at radius 1 is 0.917 bits per heavy atom. The molecule has 126 valence electrons. The molecular formula is C18H19ClN2O3. The van der Waals surface area contributed by atoms with E-state index in [1.807, 2.05) is 0 Å². The molecule has 0 atom stereocenters. The molecule has 0 N–H and O–H groups in total. The highest BCUT2D eigenvalue weighted by Crippen LogP contribution is 2.20. The third kappa shape index (κ3) is 4.49. The van der Waals surface area contributed by atoms with E-state index in [4.69, 9.17) is 16.3 Å². The Morgan fingerprint density at radius 3 is 1.92 bits per heavy atom. The lowest BCUT2D eigenvalue weighted by Crippen LogP contribution is -2.31. The fourth-order valence-corrected chi connectivity index (χ4v) is 2.12. The Balaban J connectivity index is 1.97. The Kier molecular flexibility index (Phi) is 5.82. The maximum atomic E-state index is 12.2. The van der Waals surface area contributed by atoms with Crippen LogP contribution in [0.1, 0.15) is 6.92 Å². The van der Waals surface area contributed by atoms with E-state index in [-0.39, 0.29) is 18.4 Å². The minimum atomic E-state index is -0.183. The van der Waals surface area contributed by atoms with Crippen LogP contribution >= 0.6 is 11.6 Å². The van der Waals surface area contributed by atoms with Gasteiger partial charge in [-0.05, 0) is 48.5 Å². The summed E-state index contributed by atoms with van der Waals surface area (Å²) in [6.45, 7) is 1.42. The third-order valence-corrected chi connectivity index (χ3v) is 3.90. The lowest BCUT2D eigenvalue weighted by atomic mass is 10.2. The molecule has 5 nitrogen and oxygen atoms in total. The Labute approximate surface area is 146 Å². The molecule has 0 fully saturated rings. The van der Waals surface area contributed by atoms with Crippen LogP contribution in [-0.2, 0) is 9.59 Å². The average molecular weight is 347 g/mol. The maximum absolute atomic E-state index is 12.2. The number of hydrogen-bond donors (Lipinski definition) is 0. The number of benzene rings is 2. The van der Waals surface area contributed by atoms with E-state index in [2.05, 4.69) is 0 Å². The monoisotopic (exact) mass is 346 g/mol. The van der Waals surface area contributed by atoms with Crippen LogP contribution < -0.4 is 14.5 Å². The first-order chi connectivity index (χ1) is 11.4. The van der Waals surface area contributed by atoms with Crippen molar-refractivity contribution in [3.05, 3.63) is 53.6 Å². The van der Waals surface area contributed by atoms with E-state index < -0.39 is 0 Å². The molecule has 0 aliphatic heterocycles. The van der Waals surface area contributed by atoms with Gasteiger partial charge in [0, 0.05) is 37.4 Å². The van der Waals surface area contributed by atoms with Gasteiger partial charge in [-0.25, -0.2) is 0 Å².